The Balaban J connectivity index is 2.79. The van der Waals surface area contributed by atoms with Gasteiger partial charge < -0.3 is 9.94 Å². The van der Waals surface area contributed by atoms with Gasteiger partial charge in [0.2, 0.25) is 0 Å². The summed E-state index contributed by atoms with van der Waals surface area (Å²) in [5.74, 6) is -0.368. The van der Waals surface area contributed by atoms with Crippen molar-refractivity contribution in [3.63, 3.8) is 0 Å². The first-order valence-electron chi connectivity index (χ1n) is 4.54. The normalized spacial score (nSPS) is 11.5. The van der Waals surface area contributed by atoms with E-state index < -0.39 is 0 Å². The van der Waals surface area contributed by atoms with Gasteiger partial charge in [0.1, 0.15) is 11.5 Å². The maximum Gasteiger partial charge on any atom is 0.137 e. The van der Waals surface area contributed by atoms with Gasteiger partial charge in [0.25, 0.3) is 0 Å². The average Bonchev–Trinajstić information content (AvgIpc) is 2.29. The Morgan fingerprint density at radius 1 is 1.62 bits per heavy atom. The molecule has 0 aromatic heterocycles. The molecule has 0 spiro atoms. The number of hydrogen-bond donors (Lipinski definition) is 1. The van der Waals surface area contributed by atoms with Crippen LogP contribution in [0.2, 0.25) is 0 Å². The molecule has 1 aromatic rings. The molecule has 1 N–H and O–H groups in total. The Labute approximate surface area is 101 Å². The molecule has 1 aromatic carbocycles. The molecule has 0 saturated carbocycles. The van der Waals surface area contributed by atoms with E-state index in [0.717, 1.165) is 0 Å². The van der Waals surface area contributed by atoms with Crippen LogP contribution >= 0.6 is 15.9 Å². The number of hydrogen-bond acceptors (Lipinski definition) is 3. The fraction of sp³-hybridized carbons (Fsp3) is 0.182. The smallest absolute Gasteiger partial charge is 0.137 e. The van der Waals surface area contributed by atoms with Gasteiger partial charge in [0.15, 0.2) is 0 Å². The largest absolute Gasteiger partial charge is 0.411 e. The summed E-state index contributed by atoms with van der Waals surface area (Å²) in [5.41, 5.74) is 0.933. The topological polar surface area (TPSA) is 41.8 Å². The Bertz CT molecular complexity index is 407. The number of nitrogens with zero attached hydrogens (tertiary/aromatic N) is 1. The van der Waals surface area contributed by atoms with E-state index >= 15 is 0 Å². The minimum atomic E-state index is -0.368. The van der Waals surface area contributed by atoms with Crippen LogP contribution in [0.5, 0.6) is 0 Å². The summed E-state index contributed by atoms with van der Waals surface area (Å²) in [6, 6.07) is 4.34. The van der Waals surface area contributed by atoms with Crippen molar-refractivity contribution in [1.29, 1.82) is 0 Å². The third-order valence-electron chi connectivity index (χ3n) is 1.85. The fourth-order valence-electron chi connectivity index (χ4n) is 1.08. The third-order valence-corrected chi connectivity index (χ3v) is 2.46. The van der Waals surface area contributed by atoms with E-state index in [-0.39, 0.29) is 12.4 Å². The van der Waals surface area contributed by atoms with Crippen LogP contribution in [0.15, 0.2) is 40.5 Å². The molecule has 0 aliphatic rings. The molecule has 86 valence electrons. The van der Waals surface area contributed by atoms with Gasteiger partial charge >= 0.3 is 0 Å². The summed E-state index contributed by atoms with van der Waals surface area (Å²) in [4.78, 5) is 0. The summed E-state index contributed by atoms with van der Waals surface area (Å²) < 4.78 is 18.4. The van der Waals surface area contributed by atoms with Crippen LogP contribution in [0.4, 0.5) is 4.39 Å². The second-order valence-electron chi connectivity index (χ2n) is 2.98. The maximum atomic E-state index is 13.0. The predicted octanol–water partition coefficient (Wildman–Crippen LogP) is 2.97. The standard InChI is InChI=1S/C11H11BrFNO2/c1-2-5-16-7-11(14-15)8-3-4-10(13)9(12)6-8/h2-4,6,15H,1,5,7H2. The second kappa shape index (κ2) is 6.40. The minimum absolute atomic E-state index is 0.139. The zero-order valence-electron chi connectivity index (χ0n) is 8.49. The molecular weight excluding hydrogens is 277 g/mol. The monoisotopic (exact) mass is 287 g/mol. The molecule has 0 bridgehead atoms. The van der Waals surface area contributed by atoms with E-state index in [1.165, 1.54) is 18.2 Å². The fourth-order valence-corrected chi connectivity index (χ4v) is 1.46. The summed E-state index contributed by atoms with van der Waals surface area (Å²) in [6.07, 6.45) is 1.59. The Morgan fingerprint density at radius 2 is 2.38 bits per heavy atom. The molecular formula is C11H11BrFNO2. The Kier molecular flexibility index (Phi) is 5.14. The highest BCUT2D eigenvalue weighted by molar-refractivity contribution is 9.10. The molecule has 0 aliphatic heterocycles. The van der Waals surface area contributed by atoms with Crippen LogP contribution in [0.25, 0.3) is 0 Å². The second-order valence-corrected chi connectivity index (χ2v) is 3.83. The quantitative estimate of drug-likeness (QED) is 0.297. The van der Waals surface area contributed by atoms with Crippen LogP contribution in [0.1, 0.15) is 5.56 Å². The lowest BCUT2D eigenvalue weighted by molar-refractivity contribution is 0.200. The van der Waals surface area contributed by atoms with E-state index in [9.17, 15) is 4.39 Å². The van der Waals surface area contributed by atoms with Gasteiger partial charge in [-0.1, -0.05) is 11.2 Å². The molecule has 3 nitrogen and oxygen atoms in total. The van der Waals surface area contributed by atoms with E-state index in [1.54, 1.807) is 6.08 Å². The zero-order valence-corrected chi connectivity index (χ0v) is 10.1. The van der Waals surface area contributed by atoms with Gasteiger partial charge in [0, 0.05) is 5.56 Å². The Morgan fingerprint density at radius 3 is 2.94 bits per heavy atom. The van der Waals surface area contributed by atoms with Crippen molar-refractivity contribution in [2.75, 3.05) is 13.2 Å². The highest BCUT2D eigenvalue weighted by atomic mass is 79.9. The number of benzene rings is 1. The first-order valence-corrected chi connectivity index (χ1v) is 5.33. The molecule has 0 amide bonds. The van der Waals surface area contributed by atoms with Crippen LogP contribution in [0.3, 0.4) is 0 Å². The van der Waals surface area contributed by atoms with Crippen LogP contribution in [-0.2, 0) is 4.74 Å². The van der Waals surface area contributed by atoms with E-state index in [1.807, 2.05) is 0 Å². The van der Waals surface area contributed by atoms with Crippen molar-refractivity contribution in [2.45, 2.75) is 0 Å². The molecule has 5 heteroatoms. The predicted molar refractivity (Wildman–Crippen MR) is 63.4 cm³/mol. The zero-order chi connectivity index (χ0) is 12.0. The van der Waals surface area contributed by atoms with E-state index in [2.05, 4.69) is 27.7 Å². The minimum Gasteiger partial charge on any atom is -0.411 e. The van der Waals surface area contributed by atoms with Gasteiger partial charge in [-0.2, -0.15) is 0 Å². The van der Waals surface area contributed by atoms with Crippen molar-refractivity contribution in [2.24, 2.45) is 5.16 Å². The van der Waals surface area contributed by atoms with E-state index in [0.29, 0.717) is 22.4 Å². The molecule has 0 saturated heterocycles. The van der Waals surface area contributed by atoms with Gasteiger partial charge in [-0.15, -0.1) is 6.58 Å². The van der Waals surface area contributed by atoms with Gasteiger partial charge in [0.05, 0.1) is 17.7 Å². The maximum absolute atomic E-state index is 13.0. The van der Waals surface area contributed by atoms with Crippen LogP contribution < -0.4 is 0 Å². The van der Waals surface area contributed by atoms with Crippen LogP contribution in [0, 0.1) is 5.82 Å². The van der Waals surface area contributed by atoms with Crippen molar-refractivity contribution >= 4 is 21.6 Å². The van der Waals surface area contributed by atoms with Crippen molar-refractivity contribution in [1.82, 2.24) is 0 Å². The lowest BCUT2D eigenvalue weighted by Crippen LogP contribution is -2.11. The van der Waals surface area contributed by atoms with Crippen molar-refractivity contribution in [3.05, 3.63) is 46.7 Å². The summed E-state index contributed by atoms with van der Waals surface area (Å²) in [7, 11) is 0. The SMILES string of the molecule is C=CCOCC(=NO)c1ccc(F)c(Br)c1. The average molecular weight is 288 g/mol. The first kappa shape index (κ1) is 12.9. The molecule has 0 unspecified atom stereocenters. The number of oxime groups is 1. The van der Waals surface area contributed by atoms with Crippen molar-refractivity contribution in [3.8, 4) is 0 Å². The van der Waals surface area contributed by atoms with Crippen LogP contribution in [-0.4, -0.2) is 24.1 Å². The lowest BCUT2D eigenvalue weighted by atomic mass is 10.1. The number of halogens is 2. The summed E-state index contributed by atoms with van der Waals surface area (Å²) >= 11 is 3.06. The van der Waals surface area contributed by atoms with Gasteiger partial charge in [-0.25, -0.2) is 4.39 Å². The molecule has 0 fully saturated rings. The molecule has 0 radical (unpaired) electrons. The highest BCUT2D eigenvalue weighted by Crippen LogP contribution is 2.17. The molecule has 0 aliphatic carbocycles. The van der Waals surface area contributed by atoms with Crippen molar-refractivity contribution < 1.29 is 14.3 Å². The Hall–Kier alpha value is -1.20. The lowest BCUT2D eigenvalue weighted by Gasteiger charge is -2.05. The summed E-state index contributed by atoms with van der Waals surface area (Å²) in [5, 5.41) is 11.9. The third kappa shape index (κ3) is 3.43. The molecule has 0 heterocycles. The first-order chi connectivity index (χ1) is 7.69. The molecule has 16 heavy (non-hydrogen) atoms. The number of ether oxygens (including phenoxy) is 1. The highest BCUT2D eigenvalue weighted by Gasteiger charge is 2.07. The van der Waals surface area contributed by atoms with Gasteiger partial charge in [-0.3, -0.25) is 0 Å². The number of rotatable bonds is 5. The molecule has 0 atom stereocenters. The molecule has 1 rings (SSSR count). The van der Waals surface area contributed by atoms with Gasteiger partial charge in [-0.05, 0) is 34.1 Å². The van der Waals surface area contributed by atoms with E-state index in [4.69, 9.17) is 9.94 Å². The summed E-state index contributed by atoms with van der Waals surface area (Å²) in [6.45, 7) is 4.00.